The molecule has 0 bridgehead atoms. The molecule has 1 fully saturated rings. The third-order valence-electron chi connectivity index (χ3n) is 4.67. The van der Waals surface area contributed by atoms with Crippen molar-refractivity contribution in [2.45, 2.75) is 12.5 Å². The summed E-state index contributed by atoms with van der Waals surface area (Å²) in [6.45, 7) is 5.05. The van der Waals surface area contributed by atoms with Gasteiger partial charge in [-0.1, -0.05) is 29.8 Å². The number of thiophene rings is 1. The maximum Gasteiger partial charge on any atom is 0.191 e. The van der Waals surface area contributed by atoms with Crippen LogP contribution in [0.25, 0.3) is 0 Å². The van der Waals surface area contributed by atoms with Crippen molar-refractivity contribution in [3.63, 3.8) is 0 Å². The van der Waals surface area contributed by atoms with Crippen molar-refractivity contribution in [2.24, 2.45) is 4.99 Å². The largest absolute Gasteiger partial charge is 0.379 e. The summed E-state index contributed by atoms with van der Waals surface area (Å²) in [6.07, 6.45) is 1.00. The number of nitrogens with one attached hydrogen (secondary N) is 2. The minimum absolute atomic E-state index is 0. The molecular formula is C20H28ClIN4OS. The van der Waals surface area contributed by atoms with Crippen molar-refractivity contribution in [3.05, 3.63) is 57.2 Å². The first-order valence-electron chi connectivity index (χ1n) is 9.30. The van der Waals surface area contributed by atoms with E-state index in [1.807, 2.05) is 19.2 Å². The lowest BCUT2D eigenvalue weighted by atomic mass is 10.0. The second kappa shape index (κ2) is 12.6. The lowest BCUT2D eigenvalue weighted by Gasteiger charge is -2.35. The molecule has 1 unspecified atom stereocenters. The molecule has 1 aromatic carbocycles. The maximum absolute atomic E-state index is 6.07. The highest BCUT2D eigenvalue weighted by Gasteiger charge is 2.22. The quantitative estimate of drug-likeness (QED) is 0.322. The van der Waals surface area contributed by atoms with Crippen molar-refractivity contribution >= 4 is 52.9 Å². The van der Waals surface area contributed by atoms with Crippen LogP contribution >= 0.6 is 46.9 Å². The second-order valence-electron chi connectivity index (χ2n) is 6.42. The lowest BCUT2D eigenvalue weighted by Crippen LogP contribution is -2.46. The van der Waals surface area contributed by atoms with Gasteiger partial charge in [0, 0.05) is 43.1 Å². The van der Waals surface area contributed by atoms with Crippen LogP contribution < -0.4 is 10.6 Å². The van der Waals surface area contributed by atoms with E-state index in [-0.39, 0.29) is 30.0 Å². The van der Waals surface area contributed by atoms with E-state index in [0.717, 1.165) is 56.8 Å². The number of nitrogens with zero attached hydrogens (tertiary/aromatic N) is 2. The molecule has 2 N–H and O–H groups in total. The van der Waals surface area contributed by atoms with Gasteiger partial charge in [0.15, 0.2) is 5.96 Å². The molecule has 1 aromatic heterocycles. The molecule has 1 atom stereocenters. The van der Waals surface area contributed by atoms with Crippen LogP contribution in [-0.4, -0.2) is 57.3 Å². The summed E-state index contributed by atoms with van der Waals surface area (Å²) in [5.74, 6) is 0.832. The van der Waals surface area contributed by atoms with Crippen LogP contribution in [0.2, 0.25) is 5.02 Å². The number of benzene rings is 1. The molecule has 3 rings (SSSR count). The van der Waals surface area contributed by atoms with E-state index in [1.54, 1.807) is 11.3 Å². The normalized spacial score (nSPS) is 16.3. The highest BCUT2D eigenvalue weighted by atomic mass is 127. The predicted molar refractivity (Wildman–Crippen MR) is 129 cm³/mol. The minimum atomic E-state index is 0. The Kier molecular flexibility index (Phi) is 10.6. The molecule has 5 nitrogen and oxygen atoms in total. The second-order valence-corrected chi connectivity index (χ2v) is 7.89. The van der Waals surface area contributed by atoms with Crippen molar-refractivity contribution < 1.29 is 4.74 Å². The fraction of sp³-hybridized carbons (Fsp3) is 0.450. The van der Waals surface area contributed by atoms with Crippen molar-refractivity contribution in [1.82, 2.24) is 15.5 Å². The van der Waals surface area contributed by atoms with Gasteiger partial charge in [-0.15, -0.1) is 35.3 Å². The lowest BCUT2D eigenvalue weighted by molar-refractivity contribution is 0.0170. The summed E-state index contributed by atoms with van der Waals surface area (Å²) >= 11 is 7.86. The molecular weight excluding hydrogens is 507 g/mol. The van der Waals surface area contributed by atoms with Crippen LogP contribution in [0, 0.1) is 0 Å². The Bertz CT molecular complexity index is 706. The molecule has 1 aliphatic rings. The molecule has 28 heavy (non-hydrogen) atoms. The monoisotopic (exact) mass is 534 g/mol. The van der Waals surface area contributed by atoms with Gasteiger partial charge in [0.2, 0.25) is 0 Å². The van der Waals surface area contributed by atoms with E-state index < -0.39 is 0 Å². The number of halogens is 2. The maximum atomic E-state index is 6.07. The summed E-state index contributed by atoms with van der Waals surface area (Å²) in [7, 11) is 1.81. The van der Waals surface area contributed by atoms with Gasteiger partial charge in [0.1, 0.15) is 0 Å². The Morgan fingerprint density at radius 1 is 1.21 bits per heavy atom. The third-order valence-corrected chi connectivity index (χ3v) is 5.86. The first-order valence-corrected chi connectivity index (χ1v) is 10.6. The minimum Gasteiger partial charge on any atom is -0.379 e. The average Bonchev–Trinajstić information content (AvgIpc) is 3.22. The zero-order chi connectivity index (χ0) is 18.9. The molecule has 0 saturated carbocycles. The number of morpholine rings is 1. The smallest absolute Gasteiger partial charge is 0.191 e. The molecule has 2 aromatic rings. The van der Waals surface area contributed by atoms with E-state index in [2.05, 4.69) is 50.2 Å². The summed E-state index contributed by atoms with van der Waals surface area (Å²) in [5.41, 5.74) is 1.25. The Labute approximate surface area is 193 Å². The fourth-order valence-corrected chi connectivity index (χ4v) is 4.04. The first kappa shape index (κ1) is 23.4. The summed E-state index contributed by atoms with van der Waals surface area (Å²) in [6, 6.07) is 12.6. The zero-order valence-corrected chi connectivity index (χ0v) is 20.0. The van der Waals surface area contributed by atoms with Crippen LogP contribution in [0.5, 0.6) is 0 Å². The summed E-state index contributed by atoms with van der Waals surface area (Å²) in [5, 5.41) is 9.77. The van der Waals surface area contributed by atoms with Gasteiger partial charge < -0.3 is 15.4 Å². The fourth-order valence-electron chi connectivity index (χ4n) is 3.20. The highest BCUT2D eigenvalue weighted by Crippen LogP contribution is 2.23. The number of hydrogen-bond donors (Lipinski definition) is 2. The summed E-state index contributed by atoms with van der Waals surface area (Å²) in [4.78, 5) is 8.20. The van der Waals surface area contributed by atoms with E-state index in [0.29, 0.717) is 0 Å². The Balaban J connectivity index is 0.00000280. The molecule has 1 aliphatic heterocycles. The molecule has 0 spiro atoms. The van der Waals surface area contributed by atoms with Gasteiger partial charge in [-0.05, 0) is 35.6 Å². The van der Waals surface area contributed by atoms with Crippen LogP contribution in [0.3, 0.4) is 0 Å². The number of rotatable bonds is 7. The number of hydrogen-bond acceptors (Lipinski definition) is 4. The Morgan fingerprint density at radius 3 is 2.61 bits per heavy atom. The van der Waals surface area contributed by atoms with Gasteiger partial charge in [-0.3, -0.25) is 9.89 Å². The van der Waals surface area contributed by atoms with Crippen molar-refractivity contribution in [2.75, 3.05) is 46.4 Å². The topological polar surface area (TPSA) is 48.9 Å². The Morgan fingerprint density at radius 2 is 1.96 bits per heavy atom. The SMILES string of the molecule is CN=C(NCCc1cccs1)NCC(c1ccc(Cl)cc1)N1CCOCC1.I. The predicted octanol–water partition coefficient (Wildman–Crippen LogP) is 3.80. The van der Waals surface area contributed by atoms with Gasteiger partial charge in [0.25, 0.3) is 0 Å². The van der Waals surface area contributed by atoms with Crippen molar-refractivity contribution in [3.8, 4) is 0 Å². The molecule has 0 aliphatic carbocycles. The Hall–Kier alpha value is -0.870. The van der Waals surface area contributed by atoms with E-state index in [1.165, 1.54) is 10.4 Å². The van der Waals surface area contributed by atoms with E-state index in [9.17, 15) is 0 Å². The number of guanidine groups is 1. The van der Waals surface area contributed by atoms with Crippen LogP contribution in [0.1, 0.15) is 16.5 Å². The molecule has 8 heteroatoms. The molecule has 0 amide bonds. The zero-order valence-electron chi connectivity index (χ0n) is 16.1. The number of aliphatic imine (C=N–C) groups is 1. The molecule has 0 radical (unpaired) electrons. The van der Waals surface area contributed by atoms with Crippen LogP contribution in [-0.2, 0) is 11.2 Å². The molecule has 1 saturated heterocycles. The standard InChI is InChI=1S/C20H27ClN4OS.HI/c1-22-20(23-9-8-18-3-2-14-27-18)24-15-19(25-10-12-26-13-11-25)16-4-6-17(21)7-5-16;/h2-7,14,19H,8-13,15H2,1H3,(H2,22,23,24);1H. The summed E-state index contributed by atoms with van der Waals surface area (Å²) < 4.78 is 5.52. The average molecular weight is 535 g/mol. The van der Waals surface area contributed by atoms with Gasteiger partial charge in [0.05, 0.1) is 19.3 Å². The number of ether oxygens (including phenoxy) is 1. The highest BCUT2D eigenvalue weighted by molar-refractivity contribution is 14.0. The van der Waals surface area contributed by atoms with Crippen LogP contribution in [0.15, 0.2) is 46.8 Å². The van der Waals surface area contributed by atoms with Crippen LogP contribution in [0.4, 0.5) is 0 Å². The first-order chi connectivity index (χ1) is 13.3. The van der Waals surface area contributed by atoms with Gasteiger partial charge >= 0.3 is 0 Å². The van der Waals surface area contributed by atoms with Crippen molar-refractivity contribution in [1.29, 1.82) is 0 Å². The van der Waals surface area contributed by atoms with Gasteiger partial charge in [-0.2, -0.15) is 0 Å². The van der Waals surface area contributed by atoms with Gasteiger partial charge in [-0.25, -0.2) is 0 Å². The molecule has 2 heterocycles. The van der Waals surface area contributed by atoms with E-state index >= 15 is 0 Å². The van der Waals surface area contributed by atoms with E-state index in [4.69, 9.17) is 16.3 Å². The molecule has 154 valence electrons. The third kappa shape index (κ3) is 7.18.